The molecule has 1 saturated carbocycles. The Morgan fingerprint density at radius 3 is 2.37 bits per heavy atom. The van der Waals surface area contributed by atoms with Crippen LogP contribution in [0, 0.1) is 25.6 Å². The highest BCUT2D eigenvalue weighted by molar-refractivity contribution is 7.13. The number of thiazole rings is 1. The molecule has 4 aromatic heterocycles. The highest BCUT2D eigenvalue weighted by Crippen LogP contribution is 2.54. The number of hydrogen-bond acceptors (Lipinski definition) is 17. The molecule has 486 valence electrons. The number of likely N-dealkylation sites (tertiary alicyclic amines) is 2. The average molecular weight is 1280 g/mol. The quantitative estimate of drug-likeness (QED) is 0.0643. The highest BCUT2D eigenvalue weighted by atomic mass is 32.1. The van der Waals surface area contributed by atoms with Gasteiger partial charge in [-0.2, -0.15) is 15.1 Å². The van der Waals surface area contributed by atoms with E-state index in [-0.39, 0.29) is 62.9 Å². The second kappa shape index (κ2) is 26.4. The van der Waals surface area contributed by atoms with E-state index in [4.69, 9.17) is 34.0 Å². The molecule has 1 aliphatic carbocycles. The van der Waals surface area contributed by atoms with Gasteiger partial charge in [0.1, 0.15) is 59.9 Å². The molecule has 12 rings (SSSR count). The zero-order chi connectivity index (χ0) is 64.9. The van der Waals surface area contributed by atoms with Crippen molar-refractivity contribution in [2.75, 3.05) is 51.4 Å². The van der Waals surface area contributed by atoms with Gasteiger partial charge in [0.05, 0.1) is 52.7 Å². The second-order valence-electron chi connectivity index (χ2n) is 26.2. The number of carbonyl (C=O) groups excluding carboxylic acids is 3. The Hall–Kier alpha value is -8.19. The van der Waals surface area contributed by atoms with Crippen LogP contribution in [0.15, 0.2) is 78.6 Å². The molecule has 4 aliphatic rings. The number of anilines is 1. The van der Waals surface area contributed by atoms with E-state index in [2.05, 4.69) is 26.7 Å². The van der Waals surface area contributed by atoms with Crippen molar-refractivity contribution in [1.29, 1.82) is 0 Å². The summed E-state index contributed by atoms with van der Waals surface area (Å²) >= 11 is 1.53. The minimum atomic E-state index is -1.35. The van der Waals surface area contributed by atoms with Gasteiger partial charge in [0.15, 0.2) is 12.0 Å². The molecule has 0 bridgehead atoms. The van der Waals surface area contributed by atoms with Crippen molar-refractivity contribution in [2.24, 2.45) is 5.92 Å². The number of amides is 3. The monoisotopic (exact) mass is 1280 g/mol. The van der Waals surface area contributed by atoms with Gasteiger partial charge in [-0.15, -0.1) is 16.4 Å². The fourth-order valence-corrected chi connectivity index (χ4v) is 13.7. The summed E-state index contributed by atoms with van der Waals surface area (Å²) in [5.41, 5.74) is 9.08. The first kappa shape index (κ1) is 63.9. The number of nitrogens with one attached hydrogen (secondary N) is 1. The first-order chi connectivity index (χ1) is 44.1. The lowest BCUT2D eigenvalue weighted by Gasteiger charge is -2.30. The molecule has 1 unspecified atom stereocenters. The Morgan fingerprint density at radius 1 is 0.935 bits per heavy atom. The van der Waals surface area contributed by atoms with Crippen LogP contribution in [0.2, 0.25) is 0 Å². The maximum atomic E-state index is 16.9. The fourth-order valence-electron chi connectivity index (χ4n) is 12.9. The standard InChI is InChI=1S/C68H80F2N12O9S/c1-37(2)60(65(86)80-31-47(84)26-55(80)64(85)73-53(33-83)44-19-21-45(22-20-44)62-40(5)71-36-92-62)81-32-52(76-77-81)43-15-13-41(14-16-43)35-89-61-58(57-39(4)51(70)28-54-50(57)29-72-82(54)56-12-10-11-25-88-56)48(42-17-18-42)27-49-59(61)74-66(90-34-38(3)69)75-63(49)78(9)46-23-24-79(30-46)67(87)91-68(6,7)8/h13-16,19-22,27-29,32,36-38,42,46-47,53,55-56,60,83-84H,10-12,17-18,23-26,30-31,33-35H2,1-9H3,(H,73,85)/t38-,46+,47-,53+,55+,56?,60+/m1/s1. The number of rotatable bonds is 20. The number of aliphatic hydroxyl groups excluding tert-OH is 2. The van der Waals surface area contributed by atoms with Crippen LogP contribution in [0.3, 0.4) is 0 Å². The number of halogens is 2. The molecule has 21 nitrogen and oxygen atoms in total. The van der Waals surface area contributed by atoms with Crippen molar-refractivity contribution in [3.63, 3.8) is 0 Å². The predicted octanol–water partition coefficient (Wildman–Crippen LogP) is 11.1. The maximum absolute atomic E-state index is 16.9. The summed E-state index contributed by atoms with van der Waals surface area (Å²) in [4.78, 5) is 62.7. The van der Waals surface area contributed by atoms with Gasteiger partial charge in [-0.25, -0.2) is 27.9 Å². The summed E-state index contributed by atoms with van der Waals surface area (Å²) in [5, 5.41) is 39.6. The first-order valence-electron chi connectivity index (χ1n) is 31.8. The molecule has 92 heavy (non-hydrogen) atoms. The van der Waals surface area contributed by atoms with Crippen LogP contribution in [0.1, 0.15) is 139 Å². The maximum Gasteiger partial charge on any atom is 0.410 e. The Morgan fingerprint density at radius 2 is 1.70 bits per heavy atom. The van der Waals surface area contributed by atoms with Gasteiger partial charge in [-0.3, -0.25) is 9.59 Å². The Balaban J connectivity index is 0.857. The molecule has 7 heterocycles. The van der Waals surface area contributed by atoms with Crippen molar-refractivity contribution < 1.29 is 52.3 Å². The van der Waals surface area contributed by atoms with Crippen LogP contribution >= 0.6 is 11.3 Å². The Kier molecular flexibility index (Phi) is 18.4. The number of benzene rings is 4. The number of ether oxygens (including phenoxy) is 4. The molecule has 4 aromatic carbocycles. The number of aromatic nitrogens is 8. The van der Waals surface area contributed by atoms with Gasteiger partial charge in [0.2, 0.25) is 11.8 Å². The summed E-state index contributed by atoms with van der Waals surface area (Å²) < 4.78 is 60.1. The normalized spacial score (nSPS) is 19.6. The topological polar surface area (TPSA) is 238 Å². The third-order valence-corrected chi connectivity index (χ3v) is 18.8. The zero-order valence-electron chi connectivity index (χ0n) is 53.4. The average Bonchev–Trinajstić information content (AvgIpc) is 1.23. The molecule has 3 amide bonds. The Bertz CT molecular complexity index is 4010. The lowest BCUT2D eigenvalue weighted by Crippen LogP contribution is -2.50. The van der Waals surface area contributed by atoms with Gasteiger partial charge in [0, 0.05) is 79.3 Å². The molecule has 3 saturated heterocycles. The molecular weight excluding hydrogens is 1200 g/mol. The fraction of sp³-hybridized carbons (Fsp3) is 0.485. The van der Waals surface area contributed by atoms with Crippen molar-refractivity contribution >= 4 is 56.9 Å². The zero-order valence-corrected chi connectivity index (χ0v) is 54.3. The number of β-amino-alcohol motifs (C(OH)–C–C–N with tert-alkyl or cyclic N) is 1. The van der Waals surface area contributed by atoms with E-state index in [1.807, 2.05) is 102 Å². The third-order valence-electron chi connectivity index (χ3n) is 17.9. The van der Waals surface area contributed by atoms with Crippen LogP contribution in [-0.2, 0) is 25.7 Å². The van der Waals surface area contributed by atoms with E-state index in [0.717, 1.165) is 59.4 Å². The van der Waals surface area contributed by atoms with Crippen LogP contribution in [0.5, 0.6) is 11.8 Å². The lowest BCUT2D eigenvalue weighted by atomic mass is 9.88. The van der Waals surface area contributed by atoms with Crippen LogP contribution < -0.4 is 19.7 Å². The molecule has 0 radical (unpaired) electrons. The lowest BCUT2D eigenvalue weighted by molar-refractivity contribution is -0.142. The number of fused-ring (bicyclic) bond motifs is 2. The number of hydrogen-bond donors (Lipinski definition) is 3. The molecule has 3 aliphatic heterocycles. The van der Waals surface area contributed by atoms with Gasteiger partial charge in [0.25, 0.3) is 0 Å². The van der Waals surface area contributed by atoms with E-state index in [1.165, 1.54) is 33.9 Å². The van der Waals surface area contributed by atoms with E-state index < -0.39 is 59.7 Å². The number of alkyl halides is 1. The van der Waals surface area contributed by atoms with Gasteiger partial charge < -0.3 is 49.2 Å². The Labute approximate surface area is 537 Å². The molecule has 4 fully saturated rings. The summed E-state index contributed by atoms with van der Waals surface area (Å²) in [5.74, 6) is -0.738. The SMILES string of the molecule is Cc1ncsc1-c1ccc([C@H](CO)NC(=O)[C@@H]2C[C@@H](O)CN2C(=O)[C@H](C(C)C)n2cc(-c3ccc(COc4c(-c5c(C)c(F)cc6c5cnn6C5CCCCO5)c(C5CC5)cc5c(N(C)[C@H]6CCN(C(=O)OC(C)(C)C)C6)nc(OC[C@@H](C)F)nc45)cc3)nn2)cc1. The molecule has 8 aromatic rings. The molecule has 7 atom stereocenters. The second-order valence-corrected chi connectivity index (χ2v) is 27.1. The number of likely N-dealkylation sites (N-methyl/N-ethyl adjacent to an activating group) is 1. The highest BCUT2D eigenvalue weighted by Gasteiger charge is 2.44. The summed E-state index contributed by atoms with van der Waals surface area (Å²) in [6, 6.07) is 15.8. The van der Waals surface area contributed by atoms with Crippen molar-refractivity contribution in [3.05, 3.63) is 112 Å². The van der Waals surface area contributed by atoms with Crippen LogP contribution in [-0.4, -0.2) is 154 Å². The minimum absolute atomic E-state index is 0.00907. The largest absolute Gasteiger partial charge is 0.486 e. The van der Waals surface area contributed by atoms with Gasteiger partial charge >= 0.3 is 12.1 Å². The number of aliphatic hydroxyl groups is 2. The number of carbonyl (C=O) groups is 3. The van der Waals surface area contributed by atoms with Crippen molar-refractivity contribution in [1.82, 2.24) is 54.8 Å². The van der Waals surface area contributed by atoms with Gasteiger partial charge in [-0.05, 0) is 126 Å². The van der Waals surface area contributed by atoms with Crippen molar-refractivity contribution in [3.8, 4) is 44.6 Å². The van der Waals surface area contributed by atoms with Crippen molar-refractivity contribution in [2.45, 2.75) is 161 Å². The van der Waals surface area contributed by atoms with Crippen LogP contribution in [0.4, 0.5) is 19.4 Å². The van der Waals surface area contributed by atoms with Gasteiger partial charge in [-0.1, -0.05) is 67.6 Å². The van der Waals surface area contributed by atoms with E-state index in [9.17, 15) is 29.0 Å². The van der Waals surface area contributed by atoms with Crippen LogP contribution in [0.25, 0.3) is 54.6 Å². The summed E-state index contributed by atoms with van der Waals surface area (Å²) in [7, 11) is 1.92. The molecule has 24 heteroatoms. The summed E-state index contributed by atoms with van der Waals surface area (Å²) in [6.07, 6.45) is 5.34. The molecular formula is C68H80F2N12O9S. The predicted molar refractivity (Wildman–Crippen MR) is 345 cm³/mol. The van der Waals surface area contributed by atoms with E-state index in [1.54, 1.807) is 34.4 Å². The number of nitrogens with zero attached hydrogens (tertiary/aromatic N) is 11. The smallest absolute Gasteiger partial charge is 0.410 e. The first-order valence-corrected chi connectivity index (χ1v) is 32.7. The van der Waals surface area contributed by atoms with E-state index >= 15 is 4.39 Å². The van der Waals surface area contributed by atoms with E-state index in [0.29, 0.717) is 93.0 Å². The number of aryl methyl sites for hydroxylation is 1. The summed E-state index contributed by atoms with van der Waals surface area (Å²) in [6.45, 7) is 15.0. The minimum Gasteiger partial charge on any atom is -0.486 e. The third kappa shape index (κ3) is 13.2. The molecule has 0 spiro atoms. The molecule has 3 N–H and O–H groups in total.